The number of amides is 1. The van der Waals surface area contributed by atoms with Crippen LogP contribution in [0.3, 0.4) is 0 Å². The SMILES string of the molecule is CC(O)(CN[C@H]1CC[C@H](N2CC(COc3ccc(Cl)c(F)c3)OC2=O)CC1)COc1ccc(Cl)c(F)c1. The molecule has 1 saturated heterocycles. The normalized spacial score (nSPS) is 23.5. The largest absolute Gasteiger partial charge is 0.490 e. The van der Waals surface area contributed by atoms with Gasteiger partial charge in [-0.05, 0) is 56.9 Å². The first-order valence-corrected chi connectivity index (χ1v) is 12.9. The first-order valence-electron chi connectivity index (χ1n) is 12.2. The molecule has 7 nitrogen and oxygen atoms in total. The minimum atomic E-state index is -1.16. The number of hydrogen-bond acceptors (Lipinski definition) is 6. The van der Waals surface area contributed by atoms with Crippen molar-refractivity contribution >= 4 is 29.3 Å². The maximum atomic E-state index is 13.6. The number of carbonyl (C=O) groups is 1. The minimum Gasteiger partial charge on any atom is -0.490 e. The lowest BCUT2D eigenvalue weighted by atomic mass is 9.90. The number of aliphatic hydroxyl groups is 1. The van der Waals surface area contributed by atoms with Crippen molar-refractivity contribution in [2.24, 2.45) is 0 Å². The van der Waals surface area contributed by atoms with E-state index in [0.717, 1.165) is 25.7 Å². The zero-order chi connectivity index (χ0) is 26.6. The fourth-order valence-electron chi connectivity index (χ4n) is 4.49. The van der Waals surface area contributed by atoms with Crippen LogP contribution in [0, 0.1) is 11.6 Å². The topological polar surface area (TPSA) is 80.3 Å². The van der Waals surface area contributed by atoms with Crippen LogP contribution in [0.25, 0.3) is 0 Å². The monoisotopic (exact) mass is 558 g/mol. The van der Waals surface area contributed by atoms with Gasteiger partial charge in [0.1, 0.15) is 41.9 Å². The van der Waals surface area contributed by atoms with E-state index in [1.807, 2.05) is 0 Å². The molecule has 0 radical (unpaired) electrons. The van der Waals surface area contributed by atoms with Crippen LogP contribution in [0.15, 0.2) is 36.4 Å². The Kier molecular flexibility index (Phi) is 9.00. The van der Waals surface area contributed by atoms with Gasteiger partial charge in [0.15, 0.2) is 6.10 Å². The highest BCUT2D eigenvalue weighted by molar-refractivity contribution is 6.31. The molecule has 2 unspecified atom stereocenters. The molecule has 4 rings (SSSR count). The third kappa shape index (κ3) is 7.60. The Morgan fingerprint density at radius 2 is 1.65 bits per heavy atom. The molecule has 2 fully saturated rings. The molecule has 1 heterocycles. The predicted octanol–water partition coefficient (Wildman–Crippen LogP) is 5.20. The summed E-state index contributed by atoms with van der Waals surface area (Å²) in [5.41, 5.74) is -1.16. The number of rotatable bonds is 10. The number of ether oxygens (including phenoxy) is 3. The summed E-state index contributed by atoms with van der Waals surface area (Å²) in [6.45, 7) is 2.48. The Balaban J connectivity index is 1.17. The number of cyclic esters (lactones) is 1. The molecular weight excluding hydrogens is 529 g/mol. The summed E-state index contributed by atoms with van der Waals surface area (Å²) in [4.78, 5) is 14.2. The third-order valence-electron chi connectivity index (χ3n) is 6.58. The predicted molar refractivity (Wildman–Crippen MR) is 135 cm³/mol. The van der Waals surface area contributed by atoms with E-state index >= 15 is 0 Å². The highest BCUT2D eigenvalue weighted by atomic mass is 35.5. The number of hydrogen-bond donors (Lipinski definition) is 2. The molecule has 1 aliphatic heterocycles. The average Bonchev–Trinajstić information content (AvgIpc) is 3.25. The van der Waals surface area contributed by atoms with E-state index in [9.17, 15) is 18.7 Å². The highest BCUT2D eigenvalue weighted by Crippen LogP contribution is 2.28. The fourth-order valence-corrected chi connectivity index (χ4v) is 4.73. The Hall–Kier alpha value is -2.33. The van der Waals surface area contributed by atoms with Gasteiger partial charge in [0.25, 0.3) is 0 Å². The number of nitrogens with one attached hydrogen (secondary N) is 1. The second-order valence-electron chi connectivity index (χ2n) is 9.79. The van der Waals surface area contributed by atoms with Gasteiger partial charge in [-0.25, -0.2) is 13.6 Å². The van der Waals surface area contributed by atoms with Crippen molar-refractivity contribution in [1.82, 2.24) is 10.2 Å². The molecule has 202 valence electrons. The van der Waals surface area contributed by atoms with Gasteiger partial charge in [-0.1, -0.05) is 23.2 Å². The number of carbonyl (C=O) groups excluding carboxylic acids is 1. The lowest BCUT2D eigenvalue weighted by Crippen LogP contribution is -2.49. The maximum Gasteiger partial charge on any atom is 0.410 e. The molecule has 1 aliphatic carbocycles. The molecular formula is C26H30Cl2F2N2O5. The molecule has 1 saturated carbocycles. The van der Waals surface area contributed by atoms with Crippen molar-refractivity contribution < 1.29 is 32.9 Å². The lowest BCUT2D eigenvalue weighted by Gasteiger charge is -2.35. The second-order valence-corrected chi connectivity index (χ2v) is 10.6. The van der Waals surface area contributed by atoms with Gasteiger partial charge in [0, 0.05) is 30.8 Å². The Morgan fingerprint density at radius 3 is 2.24 bits per heavy atom. The van der Waals surface area contributed by atoms with E-state index in [0.29, 0.717) is 24.6 Å². The summed E-state index contributed by atoms with van der Waals surface area (Å²) in [5.74, 6) is -0.527. The third-order valence-corrected chi connectivity index (χ3v) is 7.19. The molecule has 0 bridgehead atoms. The number of halogens is 4. The van der Waals surface area contributed by atoms with Crippen LogP contribution in [0.1, 0.15) is 32.6 Å². The van der Waals surface area contributed by atoms with Crippen LogP contribution in [-0.2, 0) is 4.74 Å². The molecule has 2 aromatic carbocycles. The summed E-state index contributed by atoms with van der Waals surface area (Å²) in [5, 5.41) is 14.1. The van der Waals surface area contributed by atoms with E-state index in [2.05, 4.69) is 5.32 Å². The first kappa shape index (κ1) is 27.7. The van der Waals surface area contributed by atoms with Crippen LogP contribution in [-0.4, -0.2) is 66.2 Å². The van der Waals surface area contributed by atoms with Crippen LogP contribution < -0.4 is 14.8 Å². The van der Waals surface area contributed by atoms with Crippen molar-refractivity contribution in [2.75, 3.05) is 26.3 Å². The maximum absolute atomic E-state index is 13.6. The quantitative estimate of drug-likeness (QED) is 0.417. The average molecular weight is 559 g/mol. The van der Waals surface area contributed by atoms with Gasteiger partial charge in [0.05, 0.1) is 16.6 Å². The van der Waals surface area contributed by atoms with Gasteiger partial charge in [-0.15, -0.1) is 0 Å². The van der Waals surface area contributed by atoms with Gasteiger partial charge in [0.2, 0.25) is 0 Å². The van der Waals surface area contributed by atoms with Crippen molar-refractivity contribution in [3.05, 3.63) is 58.1 Å². The van der Waals surface area contributed by atoms with Crippen LogP contribution in [0.4, 0.5) is 13.6 Å². The summed E-state index contributed by atoms with van der Waals surface area (Å²) >= 11 is 11.4. The standard InChI is InChI=1S/C26H30Cl2F2N2O5/c1-26(34,15-36-19-7-9-22(28)24(30)11-19)14-31-16-2-4-17(5-3-16)32-12-20(37-25(32)33)13-35-18-6-8-21(27)23(29)10-18/h6-11,16-17,20,31,34H,2-5,12-15H2,1H3/t16-,17-,20?,26?. The lowest BCUT2D eigenvalue weighted by molar-refractivity contribution is 0.00849. The Labute approximate surface area is 224 Å². The fraction of sp³-hybridized carbons (Fsp3) is 0.500. The molecule has 0 spiro atoms. The van der Waals surface area contributed by atoms with Gasteiger partial charge < -0.3 is 29.5 Å². The number of nitrogens with zero attached hydrogens (tertiary/aromatic N) is 1. The molecule has 2 N–H and O–H groups in total. The molecule has 2 aliphatic rings. The van der Waals surface area contributed by atoms with Gasteiger partial charge in [-0.3, -0.25) is 0 Å². The molecule has 2 aromatic rings. The van der Waals surface area contributed by atoms with Crippen LogP contribution >= 0.6 is 23.2 Å². The molecule has 2 atom stereocenters. The zero-order valence-electron chi connectivity index (χ0n) is 20.4. The first-order chi connectivity index (χ1) is 17.6. The van der Waals surface area contributed by atoms with E-state index in [1.54, 1.807) is 24.0 Å². The molecule has 1 amide bonds. The van der Waals surface area contributed by atoms with E-state index < -0.39 is 23.3 Å². The van der Waals surface area contributed by atoms with Crippen molar-refractivity contribution in [3.8, 4) is 11.5 Å². The Bertz CT molecular complexity index is 1100. The Morgan fingerprint density at radius 1 is 1.05 bits per heavy atom. The minimum absolute atomic E-state index is 0.0112. The van der Waals surface area contributed by atoms with Crippen molar-refractivity contribution in [3.63, 3.8) is 0 Å². The summed E-state index contributed by atoms with van der Waals surface area (Å²) in [6.07, 6.45) is 2.45. The van der Waals surface area contributed by atoms with E-state index in [4.69, 9.17) is 37.4 Å². The van der Waals surface area contributed by atoms with Crippen molar-refractivity contribution in [1.29, 1.82) is 0 Å². The van der Waals surface area contributed by atoms with Gasteiger partial charge >= 0.3 is 6.09 Å². The summed E-state index contributed by atoms with van der Waals surface area (Å²) in [7, 11) is 0. The molecule has 0 aromatic heterocycles. The smallest absolute Gasteiger partial charge is 0.410 e. The molecule has 11 heteroatoms. The highest BCUT2D eigenvalue weighted by Gasteiger charge is 2.38. The second kappa shape index (κ2) is 12.0. The van der Waals surface area contributed by atoms with Crippen molar-refractivity contribution in [2.45, 2.75) is 56.4 Å². The van der Waals surface area contributed by atoms with E-state index in [-0.39, 0.29) is 41.4 Å². The van der Waals surface area contributed by atoms with Gasteiger partial charge in [-0.2, -0.15) is 0 Å². The summed E-state index contributed by atoms with van der Waals surface area (Å²) in [6, 6.07) is 8.57. The summed E-state index contributed by atoms with van der Waals surface area (Å²) < 4.78 is 43.7. The van der Waals surface area contributed by atoms with E-state index in [1.165, 1.54) is 24.3 Å². The number of benzene rings is 2. The van der Waals surface area contributed by atoms with Crippen LogP contribution in [0.2, 0.25) is 10.0 Å². The molecule has 37 heavy (non-hydrogen) atoms. The van der Waals surface area contributed by atoms with Crippen LogP contribution in [0.5, 0.6) is 11.5 Å². The zero-order valence-corrected chi connectivity index (χ0v) is 21.9.